The van der Waals surface area contributed by atoms with Gasteiger partial charge in [-0.25, -0.2) is 0 Å². The number of allylic oxidation sites excluding steroid dienone is 2. The summed E-state index contributed by atoms with van der Waals surface area (Å²) in [5, 5.41) is 10.2. The van der Waals surface area contributed by atoms with Crippen LogP contribution in [0.15, 0.2) is 48.8 Å². The largest absolute Gasteiger partial charge is 0.361 e. The zero-order chi connectivity index (χ0) is 10.8. The van der Waals surface area contributed by atoms with E-state index in [4.69, 9.17) is 0 Å². The molecule has 1 aliphatic heterocycles. The van der Waals surface area contributed by atoms with E-state index in [-0.39, 0.29) is 0 Å². The van der Waals surface area contributed by atoms with E-state index < -0.39 is 0 Å². The number of hydrogen-bond acceptors (Lipinski definition) is 2. The summed E-state index contributed by atoms with van der Waals surface area (Å²) < 4.78 is 0. The molecule has 0 aliphatic carbocycles. The highest BCUT2D eigenvalue weighted by atomic mass is 15.1. The first-order valence-corrected chi connectivity index (χ1v) is 5.17. The van der Waals surface area contributed by atoms with Gasteiger partial charge in [-0.2, -0.15) is 5.10 Å². The maximum absolute atomic E-state index is 4.17. The van der Waals surface area contributed by atoms with Crippen LogP contribution in [-0.2, 0) is 0 Å². The van der Waals surface area contributed by atoms with Gasteiger partial charge < -0.3 is 5.32 Å². The molecule has 0 amide bonds. The Bertz CT molecular complexity index is 551. The van der Waals surface area contributed by atoms with Crippen molar-refractivity contribution in [3.63, 3.8) is 0 Å². The van der Waals surface area contributed by atoms with Crippen LogP contribution in [0.3, 0.4) is 0 Å². The lowest BCUT2D eigenvalue weighted by Crippen LogP contribution is -1.90. The fraction of sp³-hybridized carbons (Fsp3) is 0. The average Bonchev–Trinajstić information content (AvgIpc) is 2.74. The van der Waals surface area contributed by atoms with Gasteiger partial charge in [0.1, 0.15) is 0 Å². The summed E-state index contributed by atoms with van der Waals surface area (Å²) in [6.07, 6.45) is 9.84. The molecule has 2 heterocycles. The minimum atomic E-state index is 0.966. The summed E-state index contributed by atoms with van der Waals surface area (Å²) in [6.45, 7) is 0. The first kappa shape index (κ1) is 8.97. The molecule has 16 heavy (non-hydrogen) atoms. The number of rotatable bonds is 1. The number of hydrogen-bond donors (Lipinski definition) is 2. The number of benzene rings is 1. The first-order chi connectivity index (χ1) is 7.93. The molecule has 3 rings (SSSR count). The zero-order valence-electron chi connectivity index (χ0n) is 8.64. The van der Waals surface area contributed by atoms with Crippen molar-refractivity contribution in [2.45, 2.75) is 0 Å². The van der Waals surface area contributed by atoms with Gasteiger partial charge in [-0.3, -0.25) is 5.10 Å². The molecule has 0 fully saturated rings. The van der Waals surface area contributed by atoms with E-state index in [0.717, 1.165) is 16.9 Å². The monoisotopic (exact) mass is 209 g/mol. The average molecular weight is 209 g/mol. The van der Waals surface area contributed by atoms with Gasteiger partial charge in [-0.15, -0.1) is 0 Å². The van der Waals surface area contributed by atoms with Crippen LogP contribution in [0, 0.1) is 0 Å². The Morgan fingerprint density at radius 2 is 2.06 bits per heavy atom. The molecule has 1 aromatic carbocycles. The molecule has 0 bridgehead atoms. The molecule has 3 nitrogen and oxygen atoms in total. The molecule has 0 saturated carbocycles. The van der Waals surface area contributed by atoms with Crippen LogP contribution in [0.4, 0.5) is 5.69 Å². The number of nitrogens with one attached hydrogen (secondary N) is 2. The van der Waals surface area contributed by atoms with Crippen molar-refractivity contribution in [2.24, 2.45) is 0 Å². The Balaban J connectivity index is 2.09. The molecule has 2 aromatic rings. The lowest BCUT2D eigenvalue weighted by molar-refractivity contribution is 1.10. The smallest absolute Gasteiger partial charge is 0.0920 e. The van der Waals surface area contributed by atoms with Crippen LogP contribution in [-0.4, -0.2) is 10.2 Å². The lowest BCUT2D eigenvalue weighted by atomic mass is 10.1. The van der Waals surface area contributed by atoms with Gasteiger partial charge in [0.2, 0.25) is 0 Å². The Labute approximate surface area is 93.5 Å². The number of aromatic nitrogens is 2. The molecule has 0 atom stereocenters. The third-order valence-electron chi connectivity index (χ3n) is 2.57. The summed E-state index contributed by atoms with van der Waals surface area (Å²) in [5.41, 5.74) is 4.37. The van der Waals surface area contributed by atoms with E-state index in [9.17, 15) is 0 Å². The minimum absolute atomic E-state index is 0.966. The Hall–Kier alpha value is -2.29. The zero-order valence-corrected chi connectivity index (χ0v) is 8.64. The van der Waals surface area contributed by atoms with E-state index in [1.807, 2.05) is 30.6 Å². The molecule has 0 unspecified atom stereocenters. The second-order valence-electron chi connectivity index (χ2n) is 3.62. The van der Waals surface area contributed by atoms with Crippen LogP contribution in [0.25, 0.3) is 17.3 Å². The van der Waals surface area contributed by atoms with Crippen molar-refractivity contribution >= 4 is 11.8 Å². The van der Waals surface area contributed by atoms with E-state index in [2.05, 4.69) is 39.8 Å². The summed E-state index contributed by atoms with van der Waals surface area (Å²) in [6, 6.07) is 8.23. The highest BCUT2D eigenvalue weighted by molar-refractivity contribution is 5.75. The molecule has 1 aromatic heterocycles. The van der Waals surface area contributed by atoms with Gasteiger partial charge in [0, 0.05) is 23.6 Å². The maximum Gasteiger partial charge on any atom is 0.0920 e. The van der Waals surface area contributed by atoms with Crippen LogP contribution >= 0.6 is 0 Å². The normalized spacial score (nSPS) is 13.0. The van der Waals surface area contributed by atoms with E-state index in [1.165, 1.54) is 5.56 Å². The summed E-state index contributed by atoms with van der Waals surface area (Å²) in [7, 11) is 0. The van der Waals surface area contributed by atoms with Crippen LogP contribution in [0.5, 0.6) is 0 Å². The molecule has 3 heteroatoms. The first-order valence-electron chi connectivity index (χ1n) is 5.17. The van der Waals surface area contributed by atoms with Gasteiger partial charge in [-0.05, 0) is 29.8 Å². The van der Waals surface area contributed by atoms with E-state index in [0.29, 0.717) is 0 Å². The third-order valence-corrected chi connectivity index (χ3v) is 2.57. The Kier molecular flexibility index (Phi) is 2.07. The molecule has 1 aliphatic rings. The fourth-order valence-corrected chi connectivity index (χ4v) is 1.77. The summed E-state index contributed by atoms with van der Waals surface area (Å²) in [4.78, 5) is 0. The van der Waals surface area contributed by atoms with Gasteiger partial charge in [0.05, 0.1) is 5.69 Å². The minimum Gasteiger partial charge on any atom is -0.361 e. The molecule has 2 N–H and O–H groups in total. The Morgan fingerprint density at radius 3 is 2.94 bits per heavy atom. The standard InChI is InChI=1S/C13H11N3/c1-2-7-14-12-5-4-11(9-10(12)3-1)13-6-8-15-16-13/h1-9,14H,(H,15,16). The second kappa shape index (κ2) is 3.70. The number of aromatic amines is 1. The van der Waals surface area contributed by atoms with Crippen molar-refractivity contribution in [3.05, 3.63) is 54.4 Å². The molecular weight excluding hydrogens is 198 g/mol. The molecular formula is C13H11N3. The highest BCUT2D eigenvalue weighted by Gasteiger charge is 2.04. The van der Waals surface area contributed by atoms with Gasteiger partial charge >= 0.3 is 0 Å². The molecule has 0 saturated heterocycles. The van der Waals surface area contributed by atoms with Crippen LogP contribution < -0.4 is 5.32 Å². The predicted octanol–water partition coefficient (Wildman–Crippen LogP) is 3.03. The number of anilines is 1. The maximum atomic E-state index is 4.17. The SMILES string of the molecule is C1=CNc2ccc(-c3cc[nH]n3)cc2C=C1. The fourth-order valence-electron chi connectivity index (χ4n) is 1.77. The van der Waals surface area contributed by atoms with E-state index in [1.54, 1.807) is 0 Å². The van der Waals surface area contributed by atoms with E-state index >= 15 is 0 Å². The highest BCUT2D eigenvalue weighted by Crippen LogP contribution is 2.25. The number of H-pyrrole nitrogens is 1. The van der Waals surface area contributed by atoms with Gasteiger partial charge in [0.15, 0.2) is 0 Å². The van der Waals surface area contributed by atoms with Crippen molar-refractivity contribution in [2.75, 3.05) is 5.32 Å². The summed E-state index contributed by atoms with van der Waals surface area (Å²) >= 11 is 0. The number of nitrogens with zero attached hydrogens (tertiary/aromatic N) is 1. The number of fused-ring (bicyclic) bond motifs is 1. The third kappa shape index (κ3) is 1.52. The Morgan fingerprint density at radius 1 is 1.06 bits per heavy atom. The predicted molar refractivity (Wildman–Crippen MR) is 65.8 cm³/mol. The second-order valence-corrected chi connectivity index (χ2v) is 3.62. The van der Waals surface area contributed by atoms with Crippen molar-refractivity contribution in [3.8, 4) is 11.3 Å². The molecule has 78 valence electrons. The van der Waals surface area contributed by atoms with Crippen molar-refractivity contribution in [1.29, 1.82) is 0 Å². The quantitative estimate of drug-likeness (QED) is 0.757. The molecule has 0 radical (unpaired) electrons. The van der Waals surface area contributed by atoms with Crippen molar-refractivity contribution < 1.29 is 0 Å². The summed E-state index contributed by atoms with van der Waals surface area (Å²) in [5.74, 6) is 0. The van der Waals surface area contributed by atoms with Gasteiger partial charge in [-0.1, -0.05) is 18.2 Å². The molecule has 0 spiro atoms. The van der Waals surface area contributed by atoms with Crippen LogP contribution in [0.1, 0.15) is 5.56 Å². The van der Waals surface area contributed by atoms with Crippen LogP contribution in [0.2, 0.25) is 0 Å². The van der Waals surface area contributed by atoms with Gasteiger partial charge in [0.25, 0.3) is 0 Å². The van der Waals surface area contributed by atoms with Crippen molar-refractivity contribution in [1.82, 2.24) is 10.2 Å². The topological polar surface area (TPSA) is 40.7 Å². The lowest BCUT2D eigenvalue weighted by Gasteiger charge is -2.06.